The molecular weight excluding hydrogens is 428 g/mol. The van der Waals surface area contributed by atoms with Crippen molar-refractivity contribution in [1.82, 2.24) is 20.1 Å². The third-order valence-corrected chi connectivity index (χ3v) is 5.41. The van der Waals surface area contributed by atoms with Crippen molar-refractivity contribution in [1.29, 1.82) is 0 Å². The summed E-state index contributed by atoms with van der Waals surface area (Å²) in [6.45, 7) is 0.497. The van der Waals surface area contributed by atoms with Crippen molar-refractivity contribution in [3.63, 3.8) is 0 Å². The number of carbonyl (C=O) groups excluding carboxylic acids is 1. The smallest absolute Gasteiger partial charge is 0.433 e. The zero-order chi connectivity index (χ0) is 22.5. The number of hydrogen-bond donors (Lipinski definition) is 1. The Hall–Kier alpha value is -3.43. The summed E-state index contributed by atoms with van der Waals surface area (Å²) in [6.07, 6.45) is -1.00. The van der Waals surface area contributed by atoms with Crippen LogP contribution < -0.4 is 10.1 Å². The second-order valence-electron chi connectivity index (χ2n) is 7.91. The lowest BCUT2D eigenvalue weighted by atomic mass is 10.1. The second-order valence-corrected chi connectivity index (χ2v) is 7.91. The van der Waals surface area contributed by atoms with E-state index in [0.29, 0.717) is 30.1 Å². The van der Waals surface area contributed by atoms with Crippen molar-refractivity contribution in [2.45, 2.75) is 44.1 Å². The van der Waals surface area contributed by atoms with Crippen molar-refractivity contribution < 1.29 is 27.1 Å². The second kappa shape index (κ2) is 7.61. The van der Waals surface area contributed by atoms with Crippen molar-refractivity contribution >= 4 is 5.91 Å². The number of hydrogen-bond acceptors (Lipinski definition) is 4. The summed E-state index contributed by atoms with van der Waals surface area (Å²) in [5, 5.41) is 7.23. The number of rotatable bonds is 5. The van der Waals surface area contributed by atoms with E-state index >= 15 is 0 Å². The Morgan fingerprint density at radius 3 is 2.69 bits per heavy atom. The van der Waals surface area contributed by atoms with Gasteiger partial charge in [-0.2, -0.15) is 18.3 Å². The van der Waals surface area contributed by atoms with E-state index in [9.17, 15) is 22.4 Å². The summed E-state index contributed by atoms with van der Waals surface area (Å²) in [4.78, 5) is 16.1. The number of amides is 1. The van der Waals surface area contributed by atoms with Crippen LogP contribution in [0.1, 0.15) is 47.1 Å². The van der Waals surface area contributed by atoms with Gasteiger partial charge in [0.15, 0.2) is 0 Å². The van der Waals surface area contributed by atoms with Gasteiger partial charge in [0.25, 0.3) is 5.91 Å². The van der Waals surface area contributed by atoms with E-state index in [-0.39, 0.29) is 17.2 Å². The number of nitrogens with zero attached hydrogens (tertiary/aromatic N) is 3. The van der Waals surface area contributed by atoms with Crippen LogP contribution in [0, 0.1) is 5.82 Å². The first-order chi connectivity index (χ1) is 15.3. The van der Waals surface area contributed by atoms with Gasteiger partial charge in [-0.25, -0.2) is 4.39 Å². The van der Waals surface area contributed by atoms with Crippen molar-refractivity contribution in [3.05, 3.63) is 65.4 Å². The molecular formula is C22H18F4N4O2. The lowest BCUT2D eigenvalue weighted by Crippen LogP contribution is -2.27. The SMILES string of the molecule is O=C(N[C@H]1CCn2nc(-c3ccnc(C(F)(F)F)c3)cc21)c1cc(F)cc(OC2CC2)c1. The molecule has 1 aliphatic heterocycles. The van der Waals surface area contributed by atoms with Crippen LogP contribution in [0.2, 0.25) is 0 Å². The highest BCUT2D eigenvalue weighted by atomic mass is 19.4. The summed E-state index contributed by atoms with van der Waals surface area (Å²) in [5.41, 5.74) is 0.458. The van der Waals surface area contributed by atoms with Crippen LogP contribution in [0.3, 0.4) is 0 Å². The molecule has 0 spiro atoms. The Kier molecular flexibility index (Phi) is 4.87. The topological polar surface area (TPSA) is 69.0 Å². The molecule has 1 N–H and O–H groups in total. The monoisotopic (exact) mass is 446 g/mol. The summed E-state index contributed by atoms with van der Waals surface area (Å²) in [6, 6.07) is 7.54. The van der Waals surface area contributed by atoms with Crippen LogP contribution >= 0.6 is 0 Å². The van der Waals surface area contributed by atoms with Gasteiger partial charge >= 0.3 is 6.18 Å². The number of aromatic nitrogens is 3. The number of alkyl halides is 3. The molecule has 1 saturated carbocycles. The van der Waals surface area contributed by atoms with Gasteiger partial charge in [-0.1, -0.05) is 0 Å². The van der Waals surface area contributed by atoms with Gasteiger partial charge in [0.05, 0.1) is 23.5 Å². The van der Waals surface area contributed by atoms with Crippen molar-refractivity contribution in [3.8, 4) is 17.0 Å². The summed E-state index contributed by atoms with van der Waals surface area (Å²) in [5.74, 6) is -0.714. The molecule has 10 heteroatoms. The van der Waals surface area contributed by atoms with E-state index < -0.39 is 29.6 Å². The van der Waals surface area contributed by atoms with Crippen LogP contribution in [-0.2, 0) is 12.7 Å². The van der Waals surface area contributed by atoms with Crippen LogP contribution in [0.15, 0.2) is 42.6 Å². The van der Waals surface area contributed by atoms with Gasteiger partial charge in [-0.3, -0.25) is 14.5 Å². The molecule has 3 heterocycles. The summed E-state index contributed by atoms with van der Waals surface area (Å²) in [7, 11) is 0. The molecule has 1 fully saturated rings. The molecule has 166 valence electrons. The Balaban J connectivity index is 1.35. The van der Waals surface area contributed by atoms with Crippen LogP contribution in [0.4, 0.5) is 17.6 Å². The number of fused-ring (bicyclic) bond motifs is 1. The Labute approximate surface area is 180 Å². The van der Waals surface area contributed by atoms with E-state index in [1.165, 1.54) is 18.2 Å². The molecule has 1 aromatic carbocycles. The highest BCUT2D eigenvalue weighted by Crippen LogP contribution is 2.33. The van der Waals surface area contributed by atoms with Gasteiger partial charge in [0, 0.05) is 29.9 Å². The quantitative estimate of drug-likeness (QED) is 0.586. The number of aryl methyl sites for hydroxylation is 1. The number of nitrogens with one attached hydrogen (secondary N) is 1. The van der Waals surface area contributed by atoms with Crippen LogP contribution in [0.25, 0.3) is 11.3 Å². The first kappa shape index (κ1) is 20.5. The largest absolute Gasteiger partial charge is 0.490 e. The maximum absolute atomic E-state index is 14.0. The summed E-state index contributed by atoms with van der Waals surface area (Å²) >= 11 is 0. The molecule has 1 amide bonds. The maximum Gasteiger partial charge on any atom is 0.433 e. The zero-order valence-corrected chi connectivity index (χ0v) is 16.7. The van der Waals surface area contributed by atoms with E-state index in [2.05, 4.69) is 15.4 Å². The number of carbonyl (C=O) groups is 1. The van der Waals surface area contributed by atoms with Gasteiger partial charge in [0.1, 0.15) is 17.3 Å². The average molecular weight is 446 g/mol. The normalized spacial score (nSPS) is 17.8. The number of pyridine rings is 1. The third-order valence-electron chi connectivity index (χ3n) is 5.41. The first-order valence-corrected chi connectivity index (χ1v) is 10.2. The minimum Gasteiger partial charge on any atom is -0.490 e. The fraction of sp³-hybridized carbons (Fsp3) is 0.318. The van der Waals surface area contributed by atoms with Gasteiger partial charge < -0.3 is 10.1 Å². The molecule has 0 radical (unpaired) electrons. The predicted molar refractivity (Wildman–Crippen MR) is 105 cm³/mol. The highest BCUT2D eigenvalue weighted by Gasteiger charge is 2.33. The molecule has 0 bridgehead atoms. The fourth-order valence-corrected chi connectivity index (χ4v) is 3.70. The molecule has 2 aliphatic rings. The molecule has 0 unspecified atom stereocenters. The average Bonchev–Trinajstić information content (AvgIpc) is 3.32. The summed E-state index contributed by atoms with van der Waals surface area (Å²) < 4.78 is 60.1. The fourth-order valence-electron chi connectivity index (χ4n) is 3.70. The zero-order valence-electron chi connectivity index (χ0n) is 16.7. The number of ether oxygens (including phenoxy) is 1. The van der Waals surface area contributed by atoms with Gasteiger partial charge in [-0.05, 0) is 49.6 Å². The van der Waals surface area contributed by atoms with E-state index in [1.54, 1.807) is 10.7 Å². The lowest BCUT2D eigenvalue weighted by molar-refractivity contribution is -0.141. The molecule has 0 saturated heterocycles. The molecule has 1 atom stereocenters. The highest BCUT2D eigenvalue weighted by molar-refractivity contribution is 5.94. The van der Waals surface area contributed by atoms with E-state index in [4.69, 9.17) is 4.74 Å². The Morgan fingerprint density at radius 2 is 1.94 bits per heavy atom. The molecule has 1 aliphatic carbocycles. The molecule has 2 aromatic heterocycles. The number of benzene rings is 1. The van der Waals surface area contributed by atoms with Crippen LogP contribution in [0.5, 0.6) is 5.75 Å². The van der Waals surface area contributed by atoms with Gasteiger partial charge in [-0.15, -0.1) is 0 Å². The molecule has 6 nitrogen and oxygen atoms in total. The lowest BCUT2D eigenvalue weighted by Gasteiger charge is -2.13. The van der Waals surface area contributed by atoms with Crippen molar-refractivity contribution in [2.75, 3.05) is 0 Å². The van der Waals surface area contributed by atoms with Gasteiger partial charge in [0.2, 0.25) is 0 Å². The molecule has 32 heavy (non-hydrogen) atoms. The Bertz CT molecular complexity index is 1190. The third kappa shape index (κ3) is 4.17. The Morgan fingerprint density at radius 1 is 1.12 bits per heavy atom. The first-order valence-electron chi connectivity index (χ1n) is 10.2. The minimum atomic E-state index is -4.55. The maximum atomic E-state index is 14.0. The standard InChI is InChI=1S/C22H18F4N4O2/c23-14-7-13(8-16(10-14)32-15-1-2-15)21(31)28-17-4-6-30-19(17)11-18(29-30)12-3-5-27-20(9-12)22(24,25)26/h3,5,7-11,15,17H,1-2,4,6H2,(H,28,31)/t17-/m0/s1. The van der Waals surface area contributed by atoms with Crippen LogP contribution in [-0.4, -0.2) is 26.8 Å². The number of halogens is 4. The predicted octanol–water partition coefficient (Wildman–Crippen LogP) is 4.52. The van der Waals surface area contributed by atoms with Crippen molar-refractivity contribution in [2.24, 2.45) is 0 Å². The minimum absolute atomic E-state index is 0.0707. The van der Waals surface area contributed by atoms with E-state index in [0.717, 1.165) is 31.2 Å². The van der Waals surface area contributed by atoms with E-state index in [1.807, 2.05) is 0 Å². The molecule has 3 aromatic rings. The molecule has 5 rings (SSSR count).